The maximum absolute atomic E-state index is 14.7. The second kappa shape index (κ2) is 13.6. The lowest BCUT2D eigenvalue weighted by Gasteiger charge is -2.44. The molecule has 8 nitrogen and oxygen atoms in total. The van der Waals surface area contributed by atoms with Gasteiger partial charge in [0.25, 0.3) is 0 Å². The molecule has 228 valence electrons. The topological polar surface area (TPSA) is 108 Å². The van der Waals surface area contributed by atoms with E-state index in [1.807, 2.05) is 26.0 Å². The highest BCUT2D eigenvalue weighted by Crippen LogP contribution is 2.35. The molecule has 42 heavy (non-hydrogen) atoms. The number of phenolic OH excluding ortho intramolecular Hbond substituents is 1. The van der Waals surface area contributed by atoms with E-state index >= 15 is 0 Å². The number of nitrogens with zero attached hydrogens (tertiary/aromatic N) is 1. The Labute approximate surface area is 250 Å². The highest BCUT2D eigenvalue weighted by Gasteiger charge is 2.42. The van der Waals surface area contributed by atoms with Crippen LogP contribution in [0.2, 0.25) is 0 Å². The number of nitrogens with one attached hydrogen (secondary N) is 2. The summed E-state index contributed by atoms with van der Waals surface area (Å²) in [6, 6.07) is 10.8. The van der Waals surface area contributed by atoms with Crippen molar-refractivity contribution < 1.29 is 24.2 Å². The number of phenols is 1. The molecule has 2 aliphatic rings. The zero-order chi connectivity index (χ0) is 30.4. The molecule has 2 aromatic carbocycles. The van der Waals surface area contributed by atoms with Gasteiger partial charge in [-0.05, 0) is 90.0 Å². The van der Waals surface area contributed by atoms with E-state index in [0.29, 0.717) is 0 Å². The highest BCUT2D eigenvalue weighted by molar-refractivity contribution is 5.92. The van der Waals surface area contributed by atoms with Crippen molar-refractivity contribution in [2.75, 3.05) is 0 Å². The van der Waals surface area contributed by atoms with E-state index in [-0.39, 0.29) is 36.1 Å². The molecule has 4 rings (SSSR count). The Hall–Kier alpha value is -3.55. The van der Waals surface area contributed by atoms with Crippen LogP contribution in [0.5, 0.6) is 5.75 Å². The molecule has 2 atom stereocenters. The summed E-state index contributed by atoms with van der Waals surface area (Å²) in [5, 5.41) is 15.9. The van der Waals surface area contributed by atoms with Crippen LogP contribution in [0.4, 0.5) is 4.79 Å². The number of carbonyl (C=O) groups excluding carboxylic acids is 3. The molecular weight excluding hydrogens is 530 g/mol. The average Bonchev–Trinajstić information content (AvgIpc) is 2.86. The Morgan fingerprint density at radius 1 is 0.929 bits per heavy atom. The average molecular weight is 578 g/mol. The van der Waals surface area contributed by atoms with Gasteiger partial charge in [-0.2, -0.15) is 0 Å². The van der Waals surface area contributed by atoms with E-state index in [0.717, 1.165) is 67.2 Å². The number of amides is 3. The third-order valence-electron chi connectivity index (χ3n) is 8.13. The lowest BCUT2D eigenvalue weighted by molar-refractivity contribution is -0.147. The van der Waals surface area contributed by atoms with Crippen LogP contribution < -0.4 is 10.6 Å². The zero-order valence-electron chi connectivity index (χ0n) is 25.7. The van der Waals surface area contributed by atoms with Crippen LogP contribution in [0.25, 0.3) is 0 Å². The minimum absolute atomic E-state index is 0.0886. The number of rotatable bonds is 9. The van der Waals surface area contributed by atoms with Crippen LogP contribution in [-0.4, -0.2) is 51.6 Å². The Bertz CT molecular complexity index is 1220. The summed E-state index contributed by atoms with van der Waals surface area (Å²) in [6.07, 6.45) is 7.27. The Balaban J connectivity index is 1.73. The molecule has 8 heteroatoms. The quantitative estimate of drug-likeness (QED) is 0.338. The van der Waals surface area contributed by atoms with Gasteiger partial charge in [-0.25, -0.2) is 4.79 Å². The molecule has 0 bridgehead atoms. The summed E-state index contributed by atoms with van der Waals surface area (Å²) in [7, 11) is 0. The summed E-state index contributed by atoms with van der Waals surface area (Å²) in [5.41, 5.74) is 2.85. The second-order valence-electron chi connectivity index (χ2n) is 13.1. The van der Waals surface area contributed by atoms with E-state index in [1.54, 1.807) is 49.9 Å². The first-order valence-electron chi connectivity index (χ1n) is 15.4. The van der Waals surface area contributed by atoms with E-state index in [2.05, 4.69) is 16.7 Å². The van der Waals surface area contributed by atoms with Gasteiger partial charge in [0.15, 0.2) is 0 Å². The monoisotopic (exact) mass is 577 g/mol. The van der Waals surface area contributed by atoms with Crippen LogP contribution in [-0.2, 0) is 20.7 Å². The summed E-state index contributed by atoms with van der Waals surface area (Å²) in [4.78, 5) is 43.6. The van der Waals surface area contributed by atoms with E-state index in [9.17, 15) is 19.5 Å². The van der Waals surface area contributed by atoms with E-state index < -0.39 is 23.8 Å². The number of ether oxygens (including phenoxy) is 1. The highest BCUT2D eigenvalue weighted by atomic mass is 16.6. The number of carbonyl (C=O) groups is 3. The van der Waals surface area contributed by atoms with Crippen molar-refractivity contribution in [2.24, 2.45) is 0 Å². The third kappa shape index (κ3) is 8.49. The van der Waals surface area contributed by atoms with Gasteiger partial charge in [0.1, 0.15) is 23.4 Å². The fourth-order valence-electron chi connectivity index (χ4n) is 6.01. The molecule has 0 heterocycles. The van der Waals surface area contributed by atoms with Gasteiger partial charge >= 0.3 is 6.09 Å². The van der Waals surface area contributed by atoms with Crippen molar-refractivity contribution in [2.45, 2.75) is 122 Å². The minimum atomic E-state index is -0.971. The molecule has 2 aliphatic carbocycles. The standard InChI is InChI=1S/C34H47N3O5/c1-22-18-23(2)20-25(19-22)30(31(39)35-26-10-7-6-8-11-26)37(27-12-9-13-27)32(40)29(36-33(41)42-34(3,4)5)21-24-14-16-28(38)17-15-24/h14-20,26-27,29-30,38H,6-13,21H2,1-5H3,(H,35,39)(H,36,41). The summed E-state index contributed by atoms with van der Waals surface area (Å²) < 4.78 is 5.54. The molecule has 0 spiro atoms. The largest absolute Gasteiger partial charge is 0.508 e. The number of hydrogen-bond donors (Lipinski definition) is 3. The fraction of sp³-hybridized carbons (Fsp3) is 0.559. The normalized spacial score (nSPS) is 17.5. The summed E-state index contributed by atoms with van der Waals surface area (Å²) >= 11 is 0. The SMILES string of the molecule is Cc1cc(C)cc(C(C(=O)NC2CCCCC2)N(C(=O)C(Cc2ccc(O)cc2)NC(=O)OC(C)(C)C)C2CCC2)c1. The molecular formula is C34H47N3O5. The molecule has 2 unspecified atom stereocenters. The fourth-order valence-corrected chi connectivity index (χ4v) is 6.01. The van der Waals surface area contributed by atoms with Crippen LogP contribution >= 0.6 is 0 Å². The van der Waals surface area contributed by atoms with Gasteiger partial charge in [0, 0.05) is 18.5 Å². The van der Waals surface area contributed by atoms with Crippen molar-refractivity contribution in [3.8, 4) is 5.75 Å². The van der Waals surface area contributed by atoms with Crippen molar-refractivity contribution in [1.82, 2.24) is 15.5 Å². The number of alkyl carbamates (subject to hydrolysis) is 1. The molecule has 0 radical (unpaired) electrons. The third-order valence-corrected chi connectivity index (χ3v) is 8.13. The first-order valence-corrected chi connectivity index (χ1v) is 15.4. The van der Waals surface area contributed by atoms with E-state index in [4.69, 9.17) is 4.74 Å². The molecule has 0 aromatic heterocycles. The summed E-state index contributed by atoms with van der Waals surface area (Å²) in [5.74, 6) is -0.374. The van der Waals surface area contributed by atoms with Gasteiger partial charge < -0.3 is 25.4 Å². The number of aryl methyl sites for hydroxylation is 2. The van der Waals surface area contributed by atoms with Gasteiger partial charge in [0.2, 0.25) is 11.8 Å². The van der Waals surface area contributed by atoms with Gasteiger partial charge in [-0.1, -0.05) is 60.7 Å². The Kier molecular flexibility index (Phi) is 10.2. The molecule has 0 aliphatic heterocycles. The smallest absolute Gasteiger partial charge is 0.408 e. The molecule has 2 aromatic rings. The Morgan fingerprint density at radius 2 is 1.55 bits per heavy atom. The molecule has 3 amide bonds. The van der Waals surface area contributed by atoms with Gasteiger partial charge in [-0.15, -0.1) is 0 Å². The predicted octanol–water partition coefficient (Wildman–Crippen LogP) is 6.02. The van der Waals surface area contributed by atoms with Crippen molar-refractivity contribution in [3.05, 3.63) is 64.7 Å². The van der Waals surface area contributed by atoms with Gasteiger partial charge in [-0.3, -0.25) is 9.59 Å². The number of aromatic hydroxyl groups is 1. The van der Waals surface area contributed by atoms with Crippen LogP contribution in [0.1, 0.15) is 100 Å². The van der Waals surface area contributed by atoms with Crippen LogP contribution in [0.3, 0.4) is 0 Å². The number of benzene rings is 2. The van der Waals surface area contributed by atoms with Gasteiger partial charge in [0.05, 0.1) is 0 Å². The molecule has 3 N–H and O–H groups in total. The lowest BCUT2D eigenvalue weighted by atomic mass is 9.87. The van der Waals surface area contributed by atoms with Crippen LogP contribution in [0, 0.1) is 13.8 Å². The Morgan fingerprint density at radius 3 is 2.10 bits per heavy atom. The first-order chi connectivity index (χ1) is 19.9. The lowest BCUT2D eigenvalue weighted by Crippen LogP contribution is -2.58. The first kappa shape index (κ1) is 31.4. The molecule has 0 saturated heterocycles. The van der Waals surface area contributed by atoms with Crippen molar-refractivity contribution in [3.63, 3.8) is 0 Å². The van der Waals surface area contributed by atoms with E-state index in [1.165, 1.54) is 6.42 Å². The van der Waals surface area contributed by atoms with Crippen LogP contribution in [0.15, 0.2) is 42.5 Å². The number of hydrogen-bond acceptors (Lipinski definition) is 5. The maximum Gasteiger partial charge on any atom is 0.408 e. The summed E-state index contributed by atoms with van der Waals surface area (Å²) in [6.45, 7) is 9.32. The maximum atomic E-state index is 14.7. The van der Waals surface area contributed by atoms with Crippen molar-refractivity contribution >= 4 is 17.9 Å². The second-order valence-corrected chi connectivity index (χ2v) is 13.1. The predicted molar refractivity (Wildman–Crippen MR) is 163 cm³/mol. The minimum Gasteiger partial charge on any atom is -0.508 e. The molecule has 2 fully saturated rings. The molecule has 2 saturated carbocycles. The van der Waals surface area contributed by atoms with Crippen molar-refractivity contribution in [1.29, 1.82) is 0 Å². The zero-order valence-corrected chi connectivity index (χ0v) is 25.7.